The fourth-order valence-corrected chi connectivity index (χ4v) is 1.50. The van der Waals surface area contributed by atoms with E-state index in [9.17, 15) is 0 Å². The standard InChI is InChI=1S/C13H19N3/c1-3-6-15-7-8-16-13-5-4-12(10-14)11(2)9-13/h4-5,9,15-16H,3,6-8H2,1-2H3. The van der Waals surface area contributed by atoms with Gasteiger partial charge in [-0.2, -0.15) is 5.26 Å². The van der Waals surface area contributed by atoms with Crippen LogP contribution in [0.5, 0.6) is 0 Å². The van der Waals surface area contributed by atoms with Crippen molar-refractivity contribution in [3.05, 3.63) is 29.3 Å². The Morgan fingerprint density at radius 1 is 1.25 bits per heavy atom. The van der Waals surface area contributed by atoms with Crippen LogP contribution in [0, 0.1) is 18.3 Å². The van der Waals surface area contributed by atoms with Crippen molar-refractivity contribution in [1.82, 2.24) is 5.32 Å². The summed E-state index contributed by atoms with van der Waals surface area (Å²) in [5, 5.41) is 15.5. The lowest BCUT2D eigenvalue weighted by Gasteiger charge is -2.08. The molecule has 0 heterocycles. The van der Waals surface area contributed by atoms with Gasteiger partial charge in [-0.3, -0.25) is 0 Å². The molecule has 0 aliphatic rings. The number of benzene rings is 1. The highest BCUT2D eigenvalue weighted by Gasteiger charge is 1.98. The van der Waals surface area contributed by atoms with Gasteiger partial charge in [-0.15, -0.1) is 0 Å². The maximum absolute atomic E-state index is 8.80. The van der Waals surface area contributed by atoms with E-state index in [0.717, 1.165) is 42.9 Å². The topological polar surface area (TPSA) is 47.8 Å². The SMILES string of the molecule is CCCNCCNc1ccc(C#N)c(C)c1. The summed E-state index contributed by atoms with van der Waals surface area (Å²) in [6, 6.07) is 7.99. The maximum atomic E-state index is 8.80. The molecule has 3 nitrogen and oxygen atoms in total. The number of anilines is 1. The lowest BCUT2D eigenvalue weighted by atomic mass is 10.1. The molecule has 16 heavy (non-hydrogen) atoms. The van der Waals surface area contributed by atoms with Crippen molar-refractivity contribution < 1.29 is 0 Å². The van der Waals surface area contributed by atoms with E-state index in [2.05, 4.69) is 23.6 Å². The van der Waals surface area contributed by atoms with Crippen LogP contribution in [0.25, 0.3) is 0 Å². The molecule has 86 valence electrons. The third-order valence-electron chi connectivity index (χ3n) is 2.40. The molecule has 0 unspecified atom stereocenters. The van der Waals surface area contributed by atoms with Gasteiger partial charge in [0.1, 0.15) is 0 Å². The summed E-state index contributed by atoms with van der Waals surface area (Å²) in [6.45, 7) is 7.05. The molecule has 0 aliphatic heterocycles. The molecule has 1 rings (SSSR count). The highest BCUT2D eigenvalue weighted by molar-refractivity contribution is 5.51. The summed E-state index contributed by atoms with van der Waals surface area (Å²) in [6.07, 6.45) is 1.16. The monoisotopic (exact) mass is 217 g/mol. The van der Waals surface area contributed by atoms with Gasteiger partial charge in [-0.1, -0.05) is 6.92 Å². The smallest absolute Gasteiger partial charge is 0.0994 e. The Hall–Kier alpha value is -1.53. The molecule has 2 N–H and O–H groups in total. The van der Waals surface area contributed by atoms with Crippen LogP contribution in [0.3, 0.4) is 0 Å². The van der Waals surface area contributed by atoms with Gasteiger partial charge in [0.2, 0.25) is 0 Å². The average molecular weight is 217 g/mol. The number of nitrogens with one attached hydrogen (secondary N) is 2. The summed E-state index contributed by atoms with van der Waals surface area (Å²) in [7, 11) is 0. The van der Waals surface area contributed by atoms with Gasteiger partial charge in [0, 0.05) is 18.8 Å². The van der Waals surface area contributed by atoms with E-state index in [1.807, 2.05) is 25.1 Å². The predicted molar refractivity (Wildman–Crippen MR) is 67.5 cm³/mol. The van der Waals surface area contributed by atoms with Crippen LogP contribution in [-0.2, 0) is 0 Å². The molecule has 0 fully saturated rings. The summed E-state index contributed by atoms with van der Waals surface area (Å²) in [5.74, 6) is 0. The molecule has 0 saturated heterocycles. The molecule has 0 amide bonds. The lowest BCUT2D eigenvalue weighted by molar-refractivity contribution is 0.688. The third kappa shape index (κ3) is 3.92. The second kappa shape index (κ2) is 6.86. The number of rotatable bonds is 6. The second-order valence-corrected chi connectivity index (χ2v) is 3.82. The lowest BCUT2D eigenvalue weighted by Crippen LogP contribution is -2.22. The number of aryl methyl sites for hydroxylation is 1. The van der Waals surface area contributed by atoms with Gasteiger partial charge in [0.25, 0.3) is 0 Å². The number of nitrogens with zero attached hydrogens (tertiary/aromatic N) is 1. The molecule has 0 spiro atoms. The molecule has 1 aromatic rings. The van der Waals surface area contributed by atoms with Crippen molar-refractivity contribution in [2.24, 2.45) is 0 Å². The Labute approximate surface area is 97.5 Å². The summed E-state index contributed by atoms with van der Waals surface area (Å²) < 4.78 is 0. The molecule has 1 aromatic carbocycles. The van der Waals surface area contributed by atoms with E-state index in [0.29, 0.717) is 0 Å². The van der Waals surface area contributed by atoms with Crippen LogP contribution >= 0.6 is 0 Å². The van der Waals surface area contributed by atoms with Crippen molar-refractivity contribution in [1.29, 1.82) is 5.26 Å². The Morgan fingerprint density at radius 2 is 2.06 bits per heavy atom. The molecule has 3 heteroatoms. The van der Waals surface area contributed by atoms with E-state index in [1.54, 1.807) is 0 Å². The zero-order valence-electron chi connectivity index (χ0n) is 10.0. The highest BCUT2D eigenvalue weighted by Crippen LogP contribution is 2.13. The van der Waals surface area contributed by atoms with Gasteiger partial charge >= 0.3 is 0 Å². The Kier molecular flexibility index (Phi) is 5.38. The fraction of sp³-hybridized carbons (Fsp3) is 0.462. The Bertz CT molecular complexity index is 366. The van der Waals surface area contributed by atoms with Crippen molar-refractivity contribution in [3.63, 3.8) is 0 Å². The first kappa shape index (κ1) is 12.5. The van der Waals surface area contributed by atoms with Crippen molar-refractivity contribution in [2.75, 3.05) is 25.0 Å². The Balaban J connectivity index is 2.38. The maximum Gasteiger partial charge on any atom is 0.0994 e. The van der Waals surface area contributed by atoms with Crippen molar-refractivity contribution >= 4 is 5.69 Å². The van der Waals surface area contributed by atoms with Gasteiger partial charge in [0.15, 0.2) is 0 Å². The summed E-state index contributed by atoms with van der Waals surface area (Å²) in [5.41, 5.74) is 2.85. The Morgan fingerprint density at radius 3 is 2.69 bits per heavy atom. The van der Waals surface area contributed by atoms with E-state index in [4.69, 9.17) is 5.26 Å². The molecule has 0 aliphatic carbocycles. The molecule has 0 saturated carbocycles. The van der Waals surface area contributed by atoms with Gasteiger partial charge < -0.3 is 10.6 Å². The molecule has 0 bridgehead atoms. The fourth-order valence-electron chi connectivity index (χ4n) is 1.50. The first-order valence-electron chi connectivity index (χ1n) is 5.73. The number of hydrogen-bond acceptors (Lipinski definition) is 3. The molecule has 0 aromatic heterocycles. The van der Waals surface area contributed by atoms with Gasteiger partial charge in [0.05, 0.1) is 11.6 Å². The van der Waals surface area contributed by atoms with Crippen LogP contribution in [0.15, 0.2) is 18.2 Å². The third-order valence-corrected chi connectivity index (χ3v) is 2.40. The molecule has 0 radical (unpaired) electrons. The predicted octanol–water partition coefficient (Wildman–Crippen LogP) is 2.28. The normalized spacial score (nSPS) is 9.81. The van der Waals surface area contributed by atoms with Gasteiger partial charge in [-0.25, -0.2) is 0 Å². The van der Waals surface area contributed by atoms with Crippen LogP contribution < -0.4 is 10.6 Å². The first-order chi connectivity index (χ1) is 7.77. The highest BCUT2D eigenvalue weighted by atomic mass is 14.9. The van der Waals surface area contributed by atoms with Gasteiger partial charge in [-0.05, 0) is 43.7 Å². The van der Waals surface area contributed by atoms with Crippen LogP contribution in [-0.4, -0.2) is 19.6 Å². The summed E-state index contributed by atoms with van der Waals surface area (Å²) >= 11 is 0. The first-order valence-corrected chi connectivity index (χ1v) is 5.73. The van der Waals surface area contributed by atoms with Crippen LogP contribution in [0.1, 0.15) is 24.5 Å². The zero-order valence-corrected chi connectivity index (χ0v) is 10.0. The van der Waals surface area contributed by atoms with Crippen LogP contribution in [0.2, 0.25) is 0 Å². The molecular weight excluding hydrogens is 198 g/mol. The molecule has 0 atom stereocenters. The zero-order chi connectivity index (χ0) is 11.8. The minimum atomic E-state index is 0.745. The quantitative estimate of drug-likeness (QED) is 0.719. The largest absolute Gasteiger partial charge is 0.384 e. The number of hydrogen-bond donors (Lipinski definition) is 2. The van der Waals surface area contributed by atoms with E-state index < -0.39 is 0 Å². The minimum absolute atomic E-state index is 0.745. The van der Waals surface area contributed by atoms with Crippen LogP contribution in [0.4, 0.5) is 5.69 Å². The summed E-state index contributed by atoms with van der Waals surface area (Å²) in [4.78, 5) is 0. The van der Waals surface area contributed by atoms with E-state index >= 15 is 0 Å². The second-order valence-electron chi connectivity index (χ2n) is 3.82. The minimum Gasteiger partial charge on any atom is -0.384 e. The number of nitriles is 1. The van der Waals surface area contributed by atoms with Crippen molar-refractivity contribution in [2.45, 2.75) is 20.3 Å². The van der Waals surface area contributed by atoms with E-state index in [-0.39, 0.29) is 0 Å². The average Bonchev–Trinajstić information content (AvgIpc) is 2.29. The van der Waals surface area contributed by atoms with Crippen molar-refractivity contribution in [3.8, 4) is 6.07 Å². The van der Waals surface area contributed by atoms with E-state index in [1.165, 1.54) is 0 Å². The molecular formula is C13H19N3.